The van der Waals surface area contributed by atoms with Gasteiger partial charge in [0, 0.05) is 19.5 Å². The number of amides is 1. The molecule has 27 heavy (non-hydrogen) atoms. The van der Waals surface area contributed by atoms with E-state index in [2.05, 4.69) is 10.4 Å². The van der Waals surface area contributed by atoms with E-state index < -0.39 is 18.3 Å². The van der Waals surface area contributed by atoms with Gasteiger partial charge in [-0.25, -0.2) is 4.68 Å². The molecule has 1 aromatic heterocycles. The Kier molecular flexibility index (Phi) is 4.57. The molecule has 4 rings (SSSR count). The number of nitrogens with zero attached hydrogens (tertiary/aromatic N) is 3. The van der Waals surface area contributed by atoms with Crippen molar-refractivity contribution < 1.29 is 18.0 Å². The Balaban J connectivity index is 1.71. The van der Waals surface area contributed by atoms with Gasteiger partial charge in [-0.2, -0.15) is 18.3 Å². The molecule has 0 unspecified atom stereocenters. The first-order valence-corrected chi connectivity index (χ1v) is 9.20. The van der Waals surface area contributed by atoms with E-state index in [1.54, 1.807) is 29.2 Å². The number of nitrogens with one attached hydrogen (secondary N) is 1. The van der Waals surface area contributed by atoms with Crippen molar-refractivity contribution >= 4 is 11.7 Å². The second-order valence-corrected chi connectivity index (χ2v) is 7.11. The summed E-state index contributed by atoms with van der Waals surface area (Å²) >= 11 is 0. The van der Waals surface area contributed by atoms with Crippen molar-refractivity contribution in [1.82, 2.24) is 14.7 Å². The van der Waals surface area contributed by atoms with E-state index in [9.17, 15) is 18.0 Å². The van der Waals surface area contributed by atoms with E-state index in [-0.39, 0.29) is 23.7 Å². The number of halogens is 3. The van der Waals surface area contributed by atoms with Crippen LogP contribution in [-0.2, 0) is 0 Å². The molecule has 144 valence electrons. The number of hydrogen-bond donors (Lipinski definition) is 1. The number of fused-ring (bicyclic) bond motifs is 1. The third kappa shape index (κ3) is 3.40. The van der Waals surface area contributed by atoms with Crippen LogP contribution in [0.25, 0.3) is 0 Å². The molecule has 0 spiro atoms. The van der Waals surface area contributed by atoms with Crippen molar-refractivity contribution in [2.75, 3.05) is 18.4 Å². The predicted octanol–water partition coefficient (Wildman–Crippen LogP) is 4.17. The molecule has 2 aliphatic heterocycles. The van der Waals surface area contributed by atoms with Gasteiger partial charge >= 0.3 is 6.18 Å². The van der Waals surface area contributed by atoms with E-state index in [4.69, 9.17) is 0 Å². The molecular weight excluding hydrogens is 357 g/mol. The zero-order chi connectivity index (χ0) is 19.0. The van der Waals surface area contributed by atoms with Crippen LogP contribution >= 0.6 is 0 Å². The molecule has 1 saturated heterocycles. The number of carbonyl (C=O) groups excluding carboxylic acids is 1. The summed E-state index contributed by atoms with van der Waals surface area (Å²) in [6, 6.07) is 6.71. The average Bonchev–Trinajstić information content (AvgIpc) is 3.11. The number of carbonyl (C=O) groups is 1. The van der Waals surface area contributed by atoms with E-state index in [0.717, 1.165) is 29.5 Å². The number of alkyl halides is 3. The van der Waals surface area contributed by atoms with Gasteiger partial charge in [0.25, 0.3) is 5.91 Å². The second kappa shape index (κ2) is 6.90. The van der Waals surface area contributed by atoms with Gasteiger partial charge in [0.1, 0.15) is 11.4 Å². The van der Waals surface area contributed by atoms with Gasteiger partial charge in [-0.1, -0.05) is 30.3 Å². The Morgan fingerprint density at radius 2 is 1.81 bits per heavy atom. The van der Waals surface area contributed by atoms with E-state index in [0.29, 0.717) is 13.1 Å². The minimum absolute atomic E-state index is 0.160. The number of aromatic nitrogens is 2. The van der Waals surface area contributed by atoms with Gasteiger partial charge in [0.05, 0.1) is 12.2 Å². The van der Waals surface area contributed by atoms with Crippen molar-refractivity contribution in [1.29, 1.82) is 0 Å². The third-order valence-electron chi connectivity index (χ3n) is 5.31. The van der Waals surface area contributed by atoms with Crippen LogP contribution in [0.4, 0.5) is 19.0 Å². The monoisotopic (exact) mass is 378 g/mol. The zero-order valence-corrected chi connectivity index (χ0v) is 14.7. The highest BCUT2D eigenvalue weighted by atomic mass is 19.4. The maximum absolute atomic E-state index is 13.7. The highest BCUT2D eigenvalue weighted by Gasteiger charge is 2.47. The molecule has 0 aliphatic carbocycles. The Bertz CT molecular complexity index is 812. The molecule has 2 aromatic rings. The van der Waals surface area contributed by atoms with Crippen molar-refractivity contribution in [3.8, 4) is 0 Å². The predicted molar refractivity (Wildman–Crippen MR) is 94.5 cm³/mol. The Hall–Kier alpha value is -2.51. The number of rotatable bonds is 2. The number of anilines is 1. The molecule has 0 saturated carbocycles. The van der Waals surface area contributed by atoms with Crippen LogP contribution in [0, 0.1) is 0 Å². The van der Waals surface area contributed by atoms with Crippen LogP contribution in [-0.4, -0.2) is 39.9 Å². The van der Waals surface area contributed by atoms with Crippen molar-refractivity contribution in [3.63, 3.8) is 0 Å². The first kappa shape index (κ1) is 17.9. The number of piperidine rings is 1. The second-order valence-electron chi connectivity index (χ2n) is 7.11. The zero-order valence-electron chi connectivity index (χ0n) is 14.7. The fourth-order valence-corrected chi connectivity index (χ4v) is 3.89. The molecule has 5 nitrogen and oxygen atoms in total. The van der Waals surface area contributed by atoms with Crippen molar-refractivity contribution in [3.05, 3.63) is 47.7 Å². The summed E-state index contributed by atoms with van der Waals surface area (Å²) in [6.45, 7) is 1.27. The largest absolute Gasteiger partial charge is 0.410 e. The lowest BCUT2D eigenvalue weighted by atomic mass is 9.96. The quantitative estimate of drug-likeness (QED) is 0.853. The number of benzene rings is 1. The van der Waals surface area contributed by atoms with Gasteiger partial charge in [-0.3, -0.25) is 4.79 Å². The fourth-order valence-electron chi connectivity index (χ4n) is 3.89. The van der Waals surface area contributed by atoms with Crippen LogP contribution < -0.4 is 5.32 Å². The summed E-state index contributed by atoms with van der Waals surface area (Å²) < 4.78 is 42.0. The van der Waals surface area contributed by atoms with Crippen LogP contribution in [0.15, 0.2) is 36.5 Å². The number of likely N-dealkylation sites (tertiary alicyclic amines) is 1. The van der Waals surface area contributed by atoms with Gasteiger partial charge in [-0.05, 0) is 24.8 Å². The smallest absolute Gasteiger partial charge is 0.363 e. The molecule has 2 atom stereocenters. The standard InChI is InChI=1S/C19H21F3N4O/c20-19(21,22)16-11-15(13-7-3-1-4-8-13)24-17-14(12-23-26(16)17)18(27)25-9-5-2-6-10-25/h1,3-4,7-8,12,15-16,24H,2,5-6,9-11H2/t15-,16-/m1/s1. The van der Waals surface area contributed by atoms with Crippen LogP contribution in [0.1, 0.15) is 53.7 Å². The molecule has 1 amide bonds. The van der Waals surface area contributed by atoms with Crippen molar-refractivity contribution in [2.45, 2.75) is 43.9 Å². The SMILES string of the molecule is O=C(c1cnn2c1N[C@@H](c1ccccc1)C[C@@H]2C(F)(F)F)N1CCCCC1. The average molecular weight is 378 g/mol. The molecule has 0 radical (unpaired) electrons. The maximum atomic E-state index is 13.7. The first-order valence-electron chi connectivity index (χ1n) is 9.20. The van der Waals surface area contributed by atoms with Gasteiger partial charge < -0.3 is 10.2 Å². The summed E-state index contributed by atoms with van der Waals surface area (Å²) in [5.74, 6) is -0.0916. The molecule has 0 bridgehead atoms. The normalized spacial score (nSPS) is 22.9. The van der Waals surface area contributed by atoms with E-state index in [1.807, 2.05) is 6.07 Å². The van der Waals surface area contributed by atoms with Gasteiger partial charge in [0.15, 0.2) is 6.04 Å². The minimum Gasteiger partial charge on any atom is -0.363 e. The highest BCUT2D eigenvalue weighted by molar-refractivity contribution is 5.99. The Morgan fingerprint density at radius 3 is 2.48 bits per heavy atom. The van der Waals surface area contributed by atoms with E-state index in [1.165, 1.54) is 6.20 Å². The van der Waals surface area contributed by atoms with Crippen LogP contribution in [0.5, 0.6) is 0 Å². The van der Waals surface area contributed by atoms with Gasteiger partial charge in [0.2, 0.25) is 0 Å². The molecule has 1 N–H and O–H groups in total. The lowest BCUT2D eigenvalue weighted by Gasteiger charge is -2.34. The molecule has 1 fully saturated rings. The molecule has 3 heterocycles. The molecular formula is C19H21F3N4O. The topological polar surface area (TPSA) is 50.2 Å². The molecule has 2 aliphatic rings. The van der Waals surface area contributed by atoms with Crippen LogP contribution in [0.2, 0.25) is 0 Å². The van der Waals surface area contributed by atoms with E-state index >= 15 is 0 Å². The summed E-state index contributed by atoms with van der Waals surface area (Å²) in [6.07, 6.45) is -0.437. The molecule has 1 aromatic carbocycles. The summed E-state index contributed by atoms with van der Waals surface area (Å²) in [5.41, 5.74) is 0.974. The third-order valence-corrected chi connectivity index (χ3v) is 5.31. The minimum atomic E-state index is -4.44. The highest BCUT2D eigenvalue weighted by Crippen LogP contribution is 2.44. The fraction of sp³-hybridized carbons (Fsp3) is 0.474. The Labute approximate surface area is 155 Å². The van der Waals surface area contributed by atoms with Crippen LogP contribution in [0.3, 0.4) is 0 Å². The summed E-state index contributed by atoms with van der Waals surface area (Å²) in [7, 11) is 0. The number of hydrogen-bond acceptors (Lipinski definition) is 3. The Morgan fingerprint density at radius 1 is 1.11 bits per heavy atom. The summed E-state index contributed by atoms with van der Waals surface area (Å²) in [4.78, 5) is 14.6. The lowest BCUT2D eigenvalue weighted by Crippen LogP contribution is -2.38. The summed E-state index contributed by atoms with van der Waals surface area (Å²) in [5, 5.41) is 7.07. The van der Waals surface area contributed by atoms with Gasteiger partial charge in [-0.15, -0.1) is 0 Å². The maximum Gasteiger partial charge on any atom is 0.410 e. The van der Waals surface area contributed by atoms with Crippen molar-refractivity contribution in [2.24, 2.45) is 0 Å². The first-order chi connectivity index (χ1) is 12.9. The lowest BCUT2D eigenvalue weighted by molar-refractivity contribution is -0.173. The molecule has 8 heteroatoms.